The number of carbonyl (C=O) groups excluding carboxylic acids is 1. The van der Waals surface area contributed by atoms with Gasteiger partial charge < -0.3 is 9.84 Å². The van der Waals surface area contributed by atoms with Crippen LogP contribution in [0.3, 0.4) is 0 Å². The quantitative estimate of drug-likeness (QED) is 0.661. The average Bonchev–Trinajstić information content (AvgIpc) is 2.38. The topological polar surface area (TPSA) is 46.5 Å². The largest absolute Gasteiger partial charge is 0.464 e. The smallest absolute Gasteiger partial charge is 0.344 e. The van der Waals surface area contributed by atoms with Gasteiger partial charge in [0.15, 0.2) is 0 Å². The summed E-state index contributed by atoms with van der Waals surface area (Å²) in [5.41, 5.74) is -1.54. The Hall–Kier alpha value is -1.07. The highest BCUT2D eigenvalue weighted by Crippen LogP contribution is 2.29. The number of ether oxygens (including phenoxy) is 1. The van der Waals surface area contributed by atoms with Crippen molar-refractivity contribution in [3.8, 4) is 0 Å². The van der Waals surface area contributed by atoms with Gasteiger partial charge in [0.1, 0.15) is 5.60 Å². The van der Waals surface area contributed by atoms with Crippen LogP contribution in [0.15, 0.2) is 29.2 Å². The van der Waals surface area contributed by atoms with E-state index >= 15 is 0 Å². The number of esters is 1. The fraction of sp³-hybridized carbons (Fsp3) is 0.462. The maximum absolute atomic E-state index is 13.9. The molecule has 1 N–H and O–H groups in total. The Morgan fingerprint density at radius 1 is 1.50 bits per heavy atom. The molecule has 0 heterocycles. The van der Waals surface area contributed by atoms with Gasteiger partial charge in [-0.3, -0.25) is 0 Å². The van der Waals surface area contributed by atoms with Gasteiger partial charge in [0.05, 0.1) is 6.61 Å². The molecule has 0 fully saturated rings. The minimum absolute atomic E-state index is 0.0841. The summed E-state index contributed by atoms with van der Waals surface area (Å²) in [7, 11) is 0. The zero-order valence-electron chi connectivity index (χ0n) is 10.6. The molecule has 0 aliphatic heterocycles. The van der Waals surface area contributed by atoms with Gasteiger partial charge in [0.25, 0.3) is 0 Å². The lowest BCUT2D eigenvalue weighted by atomic mass is 9.91. The Kier molecular flexibility index (Phi) is 5.16. The molecule has 2 unspecified atom stereocenters. The SMILES string of the molecule is CCOC(=O)C(F)C(C)(O)c1ccc(SC)cc1. The van der Waals surface area contributed by atoms with Crippen LogP contribution in [0.2, 0.25) is 0 Å². The lowest BCUT2D eigenvalue weighted by Crippen LogP contribution is -2.40. The van der Waals surface area contributed by atoms with Crippen molar-refractivity contribution in [1.82, 2.24) is 0 Å². The summed E-state index contributed by atoms with van der Waals surface area (Å²) >= 11 is 1.54. The summed E-state index contributed by atoms with van der Waals surface area (Å²) in [6.45, 7) is 2.94. The second-order valence-corrected chi connectivity index (χ2v) is 4.87. The van der Waals surface area contributed by atoms with Crippen molar-refractivity contribution in [2.45, 2.75) is 30.5 Å². The van der Waals surface area contributed by atoms with E-state index in [2.05, 4.69) is 4.74 Å². The molecule has 0 saturated carbocycles. The first-order valence-corrected chi connectivity index (χ1v) is 6.83. The lowest BCUT2D eigenvalue weighted by Gasteiger charge is -2.26. The zero-order chi connectivity index (χ0) is 13.8. The number of alkyl halides is 1. The van der Waals surface area contributed by atoms with Gasteiger partial charge in [-0.15, -0.1) is 11.8 Å². The van der Waals surface area contributed by atoms with Gasteiger partial charge in [-0.25, -0.2) is 9.18 Å². The molecule has 0 aliphatic rings. The van der Waals surface area contributed by atoms with E-state index in [-0.39, 0.29) is 6.61 Å². The molecule has 0 spiro atoms. The van der Waals surface area contributed by atoms with Crippen LogP contribution in [0.5, 0.6) is 0 Å². The number of aliphatic hydroxyl groups is 1. The molecule has 1 rings (SSSR count). The summed E-state index contributed by atoms with van der Waals surface area (Å²) in [6.07, 6.45) is -0.179. The first-order chi connectivity index (χ1) is 8.43. The fourth-order valence-electron chi connectivity index (χ4n) is 1.52. The van der Waals surface area contributed by atoms with Gasteiger partial charge >= 0.3 is 5.97 Å². The summed E-state index contributed by atoms with van der Waals surface area (Å²) in [5.74, 6) is -1.04. The molecule has 2 atom stereocenters. The van der Waals surface area contributed by atoms with Gasteiger partial charge in [-0.2, -0.15) is 0 Å². The molecule has 1 aromatic rings. The zero-order valence-corrected chi connectivity index (χ0v) is 11.5. The predicted molar refractivity (Wildman–Crippen MR) is 69.3 cm³/mol. The number of thioether (sulfide) groups is 1. The first-order valence-electron chi connectivity index (χ1n) is 5.61. The Labute approximate surface area is 110 Å². The van der Waals surface area contributed by atoms with Crippen LogP contribution in [-0.4, -0.2) is 30.1 Å². The van der Waals surface area contributed by atoms with Gasteiger partial charge in [0.2, 0.25) is 6.17 Å². The highest BCUT2D eigenvalue weighted by molar-refractivity contribution is 7.98. The van der Waals surface area contributed by atoms with Gasteiger partial charge in [-0.1, -0.05) is 12.1 Å². The Morgan fingerprint density at radius 3 is 2.50 bits per heavy atom. The van der Waals surface area contributed by atoms with Crippen molar-refractivity contribution >= 4 is 17.7 Å². The normalized spacial score (nSPS) is 15.8. The van der Waals surface area contributed by atoms with Crippen LogP contribution >= 0.6 is 11.8 Å². The summed E-state index contributed by atoms with van der Waals surface area (Å²) < 4.78 is 18.5. The Morgan fingerprint density at radius 2 is 2.06 bits per heavy atom. The minimum atomic E-state index is -2.10. The van der Waals surface area contributed by atoms with Crippen LogP contribution in [0.25, 0.3) is 0 Å². The van der Waals surface area contributed by atoms with Crippen LogP contribution in [0.4, 0.5) is 4.39 Å². The number of benzene rings is 1. The van der Waals surface area contributed by atoms with E-state index in [1.54, 1.807) is 43.0 Å². The minimum Gasteiger partial charge on any atom is -0.464 e. The maximum atomic E-state index is 13.9. The summed E-state index contributed by atoms with van der Waals surface area (Å²) in [5, 5.41) is 10.1. The van der Waals surface area contributed by atoms with E-state index in [1.165, 1.54) is 6.92 Å². The number of hydrogen-bond donors (Lipinski definition) is 1. The van der Waals surface area contributed by atoms with Crippen LogP contribution < -0.4 is 0 Å². The van der Waals surface area contributed by atoms with E-state index in [4.69, 9.17) is 0 Å². The van der Waals surface area contributed by atoms with E-state index in [9.17, 15) is 14.3 Å². The fourth-order valence-corrected chi connectivity index (χ4v) is 1.93. The van der Waals surface area contributed by atoms with Crippen molar-refractivity contribution in [2.24, 2.45) is 0 Å². The number of halogens is 1. The van der Waals surface area contributed by atoms with Crippen molar-refractivity contribution in [2.75, 3.05) is 12.9 Å². The van der Waals surface area contributed by atoms with Gasteiger partial charge in [-0.05, 0) is 37.8 Å². The molecule has 0 saturated heterocycles. The summed E-state index contributed by atoms with van der Waals surface area (Å²) in [6, 6.07) is 6.76. The van der Waals surface area contributed by atoms with E-state index < -0.39 is 17.7 Å². The van der Waals surface area contributed by atoms with Gasteiger partial charge in [0, 0.05) is 4.90 Å². The first kappa shape index (κ1) is 15.0. The van der Waals surface area contributed by atoms with E-state index in [0.717, 1.165) is 4.90 Å². The molecule has 0 amide bonds. The van der Waals surface area contributed by atoms with E-state index in [1.807, 2.05) is 6.26 Å². The van der Waals surface area contributed by atoms with Crippen molar-refractivity contribution in [1.29, 1.82) is 0 Å². The molecule has 1 aromatic carbocycles. The molecular formula is C13H17FO3S. The average molecular weight is 272 g/mol. The molecule has 18 heavy (non-hydrogen) atoms. The molecule has 3 nitrogen and oxygen atoms in total. The molecule has 0 aromatic heterocycles. The molecule has 100 valence electrons. The lowest BCUT2D eigenvalue weighted by molar-refractivity contribution is -0.160. The number of hydrogen-bond acceptors (Lipinski definition) is 4. The third kappa shape index (κ3) is 3.23. The molecule has 0 bridgehead atoms. The van der Waals surface area contributed by atoms with Crippen LogP contribution in [0.1, 0.15) is 19.4 Å². The van der Waals surface area contributed by atoms with Crippen molar-refractivity contribution in [3.63, 3.8) is 0 Å². The summed E-state index contributed by atoms with van der Waals surface area (Å²) in [4.78, 5) is 12.3. The second kappa shape index (κ2) is 6.20. The van der Waals surface area contributed by atoms with Crippen LogP contribution in [0, 0.1) is 0 Å². The predicted octanol–water partition coefficient (Wildman–Crippen LogP) is 2.52. The molecular weight excluding hydrogens is 255 g/mol. The monoisotopic (exact) mass is 272 g/mol. The Balaban J connectivity index is 2.93. The number of carbonyl (C=O) groups is 1. The molecule has 0 aliphatic carbocycles. The highest BCUT2D eigenvalue weighted by Gasteiger charge is 2.40. The molecule has 5 heteroatoms. The third-order valence-corrected chi connectivity index (χ3v) is 3.41. The Bertz CT molecular complexity index is 403. The van der Waals surface area contributed by atoms with Crippen molar-refractivity contribution < 1.29 is 19.0 Å². The van der Waals surface area contributed by atoms with E-state index in [0.29, 0.717) is 5.56 Å². The molecule has 0 radical (unpaired) electrons. The standard InChI is InChI=1S/C13H17FO3S/c1-4-17-12(15)11(14)13(2,16)9-5-7-10(18-3)8-6-9/h5-8,11,16H,4H2,1-3H3. The maximum Gasteiger partial charge on any atom is 0.344 e. The number of rotatable bonds is 5. The van der Waals surface area contributed by atoms with Crippen molar-refractivity contribution in [3.05, 3.63) is 29.8 Å². The highest BCUT2D eigenvalue weighted by atomic mass is 32.2. The third-order valence-electron chi connectivity index (χ3n) is 2.66. The second-order valence-electron chi connectivity index (χ2n) is 3.99. The van der Waals surface area contributed by atoms with Crippen LogP contribution in [-0.2, 0) is 15.1 Å².